The van der Waals surface area contributed by atoms with Crippen molar-refractivity contribution < 1.29 is 17.6 Å². The molecule has 1 N–H and O–H groups in total. The lowest BCUT2D eigenvalue weighted by Crippen LogP contribution is -2.31. The number of rotatable bonds is 6. The van der Waals surface area contributed by atoms with Gasteiger partial charge in [-0.3, -0.25) is 9.10 Å². The molecule has 0 heterocycles. The fraction of sp³-hybridized carbons (Fsp3) is 0.174. The predicted octanol–water partition coefficient (Wildman–Crippen LogP) is 4.45. The van der Waals surface area contributed by atoms with Crippen LogP contribution in [0.25, 0.3) is 0 Å². The molecule has 0 unspecified atom stereocenters. The first kappa shape index (κ1) is 21.5. The van der Waals surface area contributed by atoms with Crippen molar-refractivity contribution in [1.29, 1.82) is 0 Å². The summed E-state index contributed by atoms with van der Waals surface area (Å²) in [5, 5.41) is 2.84. The average molecular weight is 427 g/mol. The second-order valence-corrected chi connectivity index (χ2v) is 9.02. The molecule has 5 nitrogen and oxygen atoms in total. The maximum absolute atomic E-state index is 13.1. The molecule has 156 valence electrons. The summed E-state index contributed by atoms with van der Waals surface area (Å²) in [5.74, 6) is -0.779. The van der Waals surface area contributed by atoms with Crippen LogP contribution in [-0.2, 0) is 10.0 Å². The van der Waals surface area contributed by atoms with Gasteiger partial charge in [0.1, 0.15) is 5.82 Å². The Hall–Kier alpha value is -3.19. The number of carbonyl (C=O) groups excluding carboxylic acids is 1. The van der Waals surface area contributed by atoms with Crippen LogP contribution in [0.1, 0.15) is 34.5 Å². The summed E-state index contributed by atoms with van der Waals surface area (Å²) in [6.07, 6.45) is 0. The summed E-state index contributed by atoms with van der Waals surface area (Å²) in [7, 11) is -2.42. The van der Waals surface area contributed by atoms with E-state index in [9.17, 15) is 17.6 Å². The van der Waals surface area contributed by atoms with E-state index in [4.69, 9.17) is 0 Å². The highest BCUT2D eigenvalue weighted by Gasteiger charge is 2.25. The second kappa shape index (κ2) is 8.67. The molecule has 7 heteroatoms. The van der Waals surface area contributed by atoms with Gasteiger partial charge in [-0.15, -0.1) is 0 Å². The molecule has 1 amide bonds. The number of aryl methyl sites for hydroxylation is 1. The van der Waals surface area contributed by atoms with Crippen molar-refractivity contribution in [3.63, 3.8) is 0 Å². The maximum atomic E-state index is 13.1. The van der Waals surface area contributed by atoms with Crippen molar-refractivity contribution >= 4 is 21.6 Å². The minimum atomic E-state index is -3.84. The molecule has 0 aromatic heterocycles. The van der Waals surface area contributed by atoms with Crippen molar-refractivity contribution in [2.24, 2.45) is 0 Å². The zero-order valence-electron chi connectivity index (χ0n) is 17.0. The third-order valence-corrected chi connectivity index (χ3v) is 6.67. The first-order valence-electron chi connectivity index (χ1n) is 9.41. The van der Waals surface area contributed by atoms with Crippen molar-refractivity contribution in [3.8, 4) is 0 Å². The van der Waals surface area contributed by atoms with Crippen molar-refractivity contribution in [2.75, 3.05) is 11.4 Å². The number of amides is 1. The normalized spacial score (nSPS) is 12.3. The minimum absolute atomic E-state index is 0.144. The Balaban J connectivity index is 1.88. The zero-order chi connectivity index (χ0) is 21.9. The molecule has 0 saturated carbocycles. The Morgan fingerprint density at radius 2 is 1.57 bits per heavy atom. The summed E-state index contributed by atoms with van der Waals surface area (Å²) in [4.78, 5) is 13.1. The van der Waals surface area contributed by atoms with E-state index in [0.29, 0.717) is 0 Å². The molecule has 0 radical (unpaired) electrons. The Morgan fingerprint density at radius 3 is 2.20 bits per heavy atom. The van der Waals surface area contributed by atoms with Crippen LogP contribution in [0.2, 0.25) is 0 Å². The lowest BCUT2D eigenvalue weighted by atomic mass is 10.1. The van der Waals surface area contributed by atoms with Crippen LogP contribution in [0.4, 0.5) is 10.1 Å². The third kappa shape index (κ3) is 4.52. The number of hydrogen-bond donors (Lipinski definition) is 1. The first-order chi connectivity index (χ1) is 14.2. The topological polar surface area (TPSA) is 66.5 Å². The van der Waals surface area contributed by atoms with Gasteiger partial charge in [0, 0.05) is 7.05 Å². The van der Waals surface area contributed by atoms with Crippen LogP contribution in [0.5, 0.6) is 0 Å². The van der Waals surface area contributed by atoms with Gasteiger partial charge >= 0.3 is 0 Å². The molecule has 0 fully saturated rings. The summed E-state index contributed by atoms with van der Waals surface area (Å²) >= 11 is 0. The number of hydrogen-bond acceptors (Lipinski definition) is 3. The van der Waals surface area contributed by atoms with Gasteiger partial charge in [0.15, 0.2) is 0 Å². The van der Waals surface area contributed by atoms with E-state index in [1.54, 1.807) is 67.6 Å². The lowest BCUT2D eigenvalue weighted by Gasteiger charge is -2.23. The molecule has 0 saturated heterocycles. The van der Waals surface area contributed by atoms with E-state index in [-0.39, 0.29) is 28.0 Å². The fourth-order valence-electron chi connectivity index (χ4n) is 3.05. The molecule has 3 aromatic carbocycles. The second-order valence-electron chi connectivity index (χ2n) is 7.05. The maximum Gasteiger partial charge on any atom is 0.264 e. The number of carbonyl (C=O) groups is 1. The van der Waals surface area contributed by atoms with Gasteiger partial charge in [-0.2, -0.15) is 0 Å². The number of benzene rings is 3. The van der Waals surface area contributed by atoms with E-state index in [1.165, 1.54) is 19.2 Å². The van der Waals surface area contributed by atoms with Crippen LogP contribution in [0.3, 0.4) is 0 Å². The Bertz CT molecular complexity index is 1140. The van der Waals surface area contributed by atoms with Gasteiger partial charge in [0.05, 0.1) is 22.2 Å². The third-order valence-electron chi connectivity index (χ3n) is 4.88. The van der Waals surface area contributed by atoms with Gasteiger partial charge in [-0.1, -0.05) is 42.0 Å². The van der Waals surface area contributed by atoms with Crippen LogP contribution in [0.15, 0.2) is 77.7 Å². The minimum Gasteiger partial charge on any atom is -0.345 e. The standard InChI is InChI=1S/C23H23FN2O3S/c1-16-8-14-20(15-9-16)30(28,29)26(3)22-7-5-4-6-21(22)23(27)25-17(2)18-10-12-19(24)13-11-18/h4-15,17H,1-3H3,(H,25,27)/t17-/m0/s1. The van der Waals surface area contributed by atoms with Crippen molar-refractivity contribution in [3.05, 3.63) is 95.3 Å². The summed E-state index contributed by atoms with van der Waals surface area (Å²) in [6, 6.07) is 18.5. The molecule has 0 aliphatic rings. The van der Waals surface area contributed by atoms with Crippen LogP contribution < -0.4 is 9.62 Å². The van der Waals surface area contributed by atoms with Gasteiger partial charge < -0.3 is 5.32 Å². The largest absolute Gasteiger partial charge is 0.345 e. The molecule has 30 heavy (non-hydrogen) atoms. The summed E-state index contributed by atoms with van der Waals surface area (Å²) < 4.78 is 40.4. The lowest BCUT2D eigenvalue weighted by molar-refractivity contribution is 0.0940. The highest BCUT2D eigenvalue weighted by Crippen LogP contribution is 2.26. The van der Waals surface area contributed by atoms with E-state index in [1.807, 2.05) is 6.92 Å². The van der Waals surface area contributed by atoms with Crippen molar-refractivity contribution in [2.45, 2.75) is 24.8 Å². The molecule has 0 bridgehead atoms. The number of anilines is 1. The smallest absolute Gasteiger partial charge is 0.264 e. The van der Waals surface area contributed by atoms with Crippen molar-refractivity contribution in [1.82, 2.24) is 5.32 Å². The summed E-state index contributed by atoms with van der Waals surface area (Å²) in [6.45, 7) is 3.66. The van der Waals surface area contributed by atoms with E-state index >= 15 is 0 Å². The fourth-order valence-corrected chi connectivity index (χ4v) is 4.26. The summed E-state index contributed by atoms with van der Waals surface area (Å²) in [5.41, 5.74) is 2.18. The van der Waals surface area contributed by atoms with Gasteiger partial charge in [0.25, 0.3) is 15.9 Å². The number of nitrogens with one attached hydrogen (secondary N) is 1. The number of halogens is 1. The molecular weight excluding hydrogens is 403 g/mol. The Labute approximate surface area is 176 Å². The molecule has 3 aromatic rings. The molecule has 0 aliphatic heterocycles. The number of para-hydroxylation sites is 1. The molecular formula is C23H23FN2O3S. The highest BCUT2D eigenvalue weighted by molar-refractivity contribution is 7.92. The van der Waals surface area contributed by atoms with E-state index in [2.05, 4.69) is 5.32 Å². The average Bonchev–Trinajstić information content (AvgIpc) is 2.74. The predicted molar refractivity (Wildman–Crippen MR) is 115 cm³/mol. The van der Waals surface area contributed by atoms with Gasteiger partial charge in [0.2, 0.25) is 0 Å². The molecule has 0 aliphatic carbocycles. The van der Waals surface area contributed by atoms with Gasteiger partial charge in [-0.25, -0.2) is 12.8 Å². The van der Waals surface area contributed by atoms with E-state index < -0.39 is 15.9 Å². The molecule has 3 rings (SSSR count). The van der Waals surface area contributed by atoms with E-state index in [0.717, 1.165) is 15.4 Å². The van der Waals surface area contributed by atoms with Crippen LogP contribution >= 0.6 is 0 Å². The Kier molecular flexibility index (Phi) is 6.22. The van der Waals surface area contributed by atoms with Gasteiger partial charge in [-0.05, 0) is 55.8 Å². The molecule has 0 spiro atoms. The monoisotopic (exact) mass is 426 g/mol. The molecule has 1 atom stereocenters. The highest BCUT2D eigenvalue weighted by atomic mass is 32.2. The van der Waals surface area contributed by atoms with Crippen LogP contribution in [0, 0.1) is 12.7 Å². The quantitative estimate of drug-likeness (QED) is 0.633. The van der Waals surface area contributed by atoms with Crippen LogP contribution in [-0.4, -0.2) is 21.4 Å². The number of sulfonamides is 1. The first-order valence-corrected chi connectivity index (χ1v) is 10.8. The zero-order valence-corrected chi connectivity index (χ0v) is 17.8. The Morgan fingerprint density at radius 1 is 0.967 bits per heavy atom. The SMILES string of the molecule is Cc1ccc(S(=O)(=O)N(C)c2ccccc2C(=O)N[C@@H](C)c2ccc(F)cc2)cc1. The number of nitrogens with zero attached hydrogens (tertiary/aromatic N) is 1.